The molecule has 3 nitrogen and oxygen atoms in total. The third-order valence-corrected chi connectivity index (χ3v) is 3.41. The SMILES string of the molecule is CNCc1ccc(-c2cn(C)nc2C)s1. The molecule has 0 aromatic carbocycles. The smallest absolute Gasteiger partial charge is 0.0680 e. The van der Waals surface area contributed by atoms with E-state index in [2.05, 4.69) is 28.7 Å². The lowest BCUT2D eigenvalue weighted by Gasteiger charge is -1.93. The summed E-state index contributed by atoms with van der Waals surface area (Å²) in [7, 11) is 3.92. The Morgan fingerprint density at radius 3 is 2.87 bits per heavy atom. The van der Waals surface area contributed by atoms with Crippen LogP contribution < -0.4 is 5.32 Å². The van der Waals surface area contributed by atoms with E-state index >= 15 is 0 Å². The first-order chi connectivity index (χ1) is 7.20. The maximum atomic E-state index is 4.35. The summed E-state index contributed by atoms with van der Waals surface area (Å²) in [5.74, 6) is 0. The molecule has 0 aliphatic rings. The summed E-state index contributed by atoms with van der Waals surface area (Å²) in [5, 5.41) is 7.51. The summed E-state index contributed by atoms with van der Waals surface area (Å²) >= 11 is 1.82. The quantitative estimate of drug-likeness (QED) is 0.861. The van der Waals surface area contributed by atoms with Crippen LogP contribution in [0.5, 0.6) is 0 Å². The first-order valence-electron chi connectivity index (χ1n) is 4.94. The molecule has 2 aromatic rings. The second-order valence-electron chi connectivity index (χ2n) is 3.60. The van der Waals surface area contributed by atoms with Crippen LogP contribution in [0, 0.1) is 6.92 Å². The Balaban J connectivity index is 2.32. The Morgan fingerprint density at radius 1 is 1.47 bits per heavy atom. The third-order valence-electron chi connectivity index (χ3n) is 2.29. The van der Waals surface area contributed by atoms with E-state index in [0.29, 0.717) is 0 Å². The summed E-state index contributed by atoms with van der Waals surface area (Å²) in [4.78, 5) is 2.65. The van der Waals surface area contributed by atoms with Crippen LogP contribution in [-0.4, -0.2) is 16.8 Å². The lowest BCUT2D eigenvalue weighted by atomic mass is 10.2. The number of aryl methyl sites for hydroxylation is 2. The standard InChI is InChI=1S/C11H15N3S/c1-8-10(7-14(3)13-8)11-5-4-9(15-11)6-12-2/h4-5,7,12H,6H2,1-3H3. The van der Waals surface area contributed by atoms with Gasteiger partial charge in [-0.05, 0) is 26.1 Å². The maximum absolute atomic E-state index is 4.35. The molecule has 1 N–H and O–H groups in total. The van der Waals surface area contributed by atoms with Crippen LogP contribution in [0.3, 0.4) is 0 Å². The molecule has 0 atom stereocenters. The molecule has 0 fully saturated rings. The minimum absolute atomic E-state index is 0.935. The molecule has 0 aliphatic carbocycles. The predicted octanol–water partition coefficient (Wildman–Crippen LogP) is 2.18. The Labute approximate surface area is 93.7 Å². The Hall–Kier alpha value is -1.13. The van der Waals surface area contributed by atoms with Crippen molar-refractivity contribution >= 4 is 11.3 Å². The molecule has 4 heteroatoms. The molecular formula is C11H15N3S. The van der Waals surface area contributed by atoms with Gasteiger partial charge in [0.15, 0.2) is 0 Å². The van der Waals surface area contributed by atoms with Gasteiger partial charge < -0.3 is 5.32 Å². The Bertz CT molecular complexity index is 456. The van der Waals surface area contributed by atoms with Crippen molar-refractivity contribution in [3.63, 3.8) is 0 Å². The zero-order valence-electron chi connectivity index (χ0n) is 9.24. The van der Waals surface area contributed by atoms with Gasteiger partial charge in [0.05, 0.1) is 5.69 Å². The van der Waals surface area contributed by atoms with Crippen LogP contribution in [0.1, 0.15) is 10.6 Å². The molecule has 2 rings (SSSR count). The highest BCUT2D eigenvalue weighted by Crippen LogP contribution is 2.29. The van der Waals surface area contributed by atoms with Gasteiger partial charge >= 0.3 is 0 Å². The largest absolute Gasteiger partial charge is 0.315 e. The van der Waals surface area contributed by atoms with Crippen molar-refractivity contribution in [3.8, 4) is 10.4 Å². The van der Waals surface area contributed by atoms with Gasteiger partial charge in [-0.25, -0.2) is 0 Å². The number of thiophene rings is 1. The van der Waals surface area contributed by atoms with Gasteiger partial charge in [0.25, 0.3) is 0 Å². The molecule has 0 radical (unpaired) electrons. The van der Waals surface area contributed by atoms with Crippen LogP contribution in [0.4, 0.5) is 0 Å². The average molecular weight is 221 g/mol. The van der Waals surface area contributed by atoms with Crippen molar-refractivity contribution < 1.29 is 0 Å². The van der Waals surface area contributed by atoms with Gasteiger partial charge in [-0.3, -0.25) is 4.68 Å². The van der Waals surface area contributed by atoms with Crippen LogP contribution in [-0.2, 0) is 13.6 Å². The molecule has 2 heterocycles. The van der Waals surface area contributed by atoms with Crippen molar-refractivity contribution in [2.75, 3.05) is 7.05 Å². The van der Waals surface area contributed by atoms with E-state index < -0.39 is 0 Å². The highest BCUT2D eigenvalue weighted by molar-refractivity contribution is 7.15. The van der Waals surface area contributed by atoms with E-state index in [0.717, 1.165) is 12.2 Å². The van der Waals surface area contributed by atoms with Crippen molar-refractivity contribution in [1.29, 1.82) is 0 Å². The third kappa shape index (κ3) is 2.11. The molecule has 15 heavy (non-hydrogen) atoms. The lowest BCUT2D eigenvalue weighted by Crippen LogP contribution is -2.02. The summed E-state index contributed by atoms with van der Waals surface area (Å²) in [6, 6.07) is 4.34. The van der Waals surface area contributed by atoms with E-state index in [1.165, 1.54) is 15.3 Å². The van der Waals surface area contributed by atoms with E-state index in [1.807, 2.05) is 37.0 Å². The molecular weight excluding hydrogens is 206 g/mol. The minimum atomic E-state index is 0.935. The molecule has 0 bridgehead atoms. The fourth-order valence-corrected chi connectivity index (χ4v) is 2.71. The van der Waals surface area contributed by atoms with Crippen molar-refractivity contribution in [1.82, 2.24) is 15.1 Å². The summed E-state index contributed by atoms with van der Waals surface area (Å²) < 4.78 is 1.86. The Kier molecular flexibility index (Phi) is 2.88. The molecule has 0 amide bonds. The number of aromatic nitrogens is 2. The maximum Gasteiger partial charge on any atom is 0.0680 e. The van der Waals surface area contributed by atoms with Crippen LogP contribution in [0.15, 0.2) is 18.3 Å². The average Bonchev–Trinajstić information content (AvgIpc) is 2.73. The van der Waals surface area contributed by atoms with Gasteiger partial charge in [0, 0.05) is 35.1 Å². The number of nitrogens with zero attached hydrogens (tertiary/aromatic N) is 2. The van der Waals surface area contributed by atoms with Crippen molar-refractivity contribution in [2.24, 2.45) is 7.05 Å². The van der Waals surface area contributed by atoms with Gasteiger partial charge in [-0.2, -0.15) is 5.10 Å². The number of nitrogens with one attached hydrogen (secondary N) is 1. The first kappa shape index (κ1) is 10.4. The topological polar surface area (TPSA) is 29.9 Å². The second kappa shape index (κ2) is 4.16. The second-order valence-corrected chi connectivity index (χ2v) is 4.77. The highest BCUT2D eigenvalue weighted by atomic mass is 32.1. The van der Waals surface area contributed by atoms with E-state index in [1.54, 1.807) is 0 Å². The first-order valence-corrected chi connectivity index (χ1v) is 5.76. The van der Waals surface area contributed by atoms with E-state index in [4.69, 9.17) is 0 Å². The molecule has 0 aliphatic heterocycles. The fraction of sp³-hybridized carbons (Fsp3) is 0.364. The Morgan fingerprint density at radius 2 is 2.27 bits per heavy atom. The fourth-order valence-electron chi connectivity index (χ4n) is 1.63. The molecule has 0 spiro atoms. The van der Waals surface area contributed by atoms with Crippen LogP contribution in [0.2, 0.25) is 0 Å². The number of hydrogen-bond donors (Lipinski definition) is 1. The van der Waals surface area contributed by atoms with Gasteiger partial charge in [-0.15, -0.1) is 11.3 Å². The summed E-state index contributed by atoms with van der Waals surface area (Å²) in [5.41, 5.74) is 2.33. The zero-order chi connectivity index (χ0) is 10.8. The molecule has 2 aromatic heterocycles. The van der Waals surface area contributed by atoms with E-state index in [9.17, 15) is 0 Å². The molecule has 0 saturated carbocycles. The van der Waals surface area contributed by atoms with Gasteiger partial charge in [-0.1, -0.05) is 0 Å². The molecule has 80 valence electrons. The zero-order valence-corrected chi connectivity index (χ0v) is 10.1. The normalized spacial score (nSPS) is 10.9. The molecule has 0 unspecified atom stereocenters. The summed E-state index contributed by atoms with van der Waals surface area (Å²) in [6.07, 6.45) is 2.07. The van der Waals surface area contributed by atoms with Crippen molar-refractivity contribution in [3.05, 3.63) is 28.9 Å². The van der Waals surface area contributed by atoms with E-state index in [-0.39, 0.29) is 0 Å². The van der Waals surface area contributed by atoms with Crippen LogP contribution in [0.25, 0.3) is 10.4 Å². The molecule has 0 saturated heterocycles. The lowest BCUT2D eigenvalue weighted by molar-refractivity contribution is 0.756. The van der Waals surface area contributed by atoms with Crippen molar-refractivity contribution in [2.45, 2.75) is 13.5 Å². The summed E-state index contributed by atoms with van der Waals surface area (Å²) in [6.45, 7) is 2.98. The van der Waals surface area contributed by atoms with Crippen LogP contribution >= 0.6 is 11.3 Å². The number of rotatable bonds is 3. The number of hydrogen-bond acceptors (Lipinski definition) is 3. The monoisotopic (exact) mass is 221 g/mol. The minimum Gasteiger partial charge on any atom is -0.315 e. The van der Waals surface area contributed by atoms with Gasteiger partial charge in [0.1, 0.15) is 0 Å². The van der Waals surface area contributed by atoms with Gasteiger partial charge in [0.2, 0.25) is 0 Å². The highest BCUT2D eigenvalue weighted by Gasteiger charge is 2.08. The predicted molar refractivity (Wildman–Crippen MR) is 64.0 cm³/mol.